The van der Waals surface area contributed by atoms with Crippen LogP contribution >= 0.6 is 0 Å². The predicted molar refractivity (Wildman–Crippen MR) is 361 cm³/mol. The van der Waals surface area contributed by atoms with Crippen molar-refractivity contribution in [3.8, 4) is 0 Å². The van der Waals surface area contributed by atoms with Gasteiger partial charge in [0.25, 0.3) is 0 Å². The molecule has 0 N–H and O–H groups in total. The van der Waals surface area contributed by atoms with Crippen molar-refractivity contribution < 1.29 is 28.6 Å². The van der Waals surface area contributed by atoms with Crippen LogP contribution in [0.1, 0.15) is 265 Å². The number of hydrogen-bond acceptors (Lipinski definition) is 6. The third kappa shape index (κ3) is 67.2. The zero-order chi connectivity index (χ0) is 59.9. The van der Waals surface area contributed by atoms with Gasteiger partial charge in [-0.2, -0.15) is 0 Å². The van der Waals surface area contributed by atoms with E-state index in [2.05, 4.69) is 191 Å². The Morgan fingerprint density at radius 1 is 0.253 bits per heavy atom. The quantitative estimate of drug-likeness (QED) is 0.0261. The third-order valence-corrected chi connectivity index (χ3v) is 13.4. The van der Waals surface area contributed by atoms with E-state index in [1.54, 1.807) is 0 Å². The number of unbranched alkanes of at least 4 members (excludes halogenated alkanes) is 17. The zero-order valence-electron chi connectivity index (χ0n) is 53.1. The highest BCUT2D eigenvalue weighted by atomic mass is 16.6. The van der Waals surface area contributed by atoms with Gasteiger partial charge in [-0.1, -0.05) is 280 Å². The van der Waals surface area contributed by atoms with Crippen LogP contribution in [0.5, 0.6) is 0 Å². The van der Waals surface area contributed by atoms with E-state index in [1.165, 1.54) is 89.9 Å². The summed E-state index contributed by atoms with van der Waals surface area (Å²) >= 11 is 0. The van der Waals surface area contributed by atoms with Crippen LogP contribution in [0.15, 0.2) is 182 Å². The molecule has 83 heavy (non-hydrogen) atoms. The van der Waals surface area contributed by atoms with Gasteiger partial charge in [0.15, 0.2) is 6.10 Å². The summed E-state index contributed by atoms with van der Waals surface area (Å²) < 4.78 is 16.8. The summed E-state index contributed by atoms with van der Waals surface area (Å²) in [5.74, 6) is -1.07. The molecule has 0 aliphatic rings. The number of esters is 3. The molecular weight excluding hydrogens is 1020 g/mol. The van der Waals surface area contributed by atoms with E-state index < -0.39 is 6.10 Å². The van der Waals surface area contributed by atoms with E-state index >= 15 is 0 Å². The molecule has 0 amide bonds. The van der Waals surface area contributed by atoms with Crippen LogP contribution in [0.25, 0.3) is 0 Å². The van der Waals surface area contributed by atoms with Crippen LogP contribution in [0.3, 0.4) is 0 Å². The van der Waals surface area contributed by atoms with Gasteiger partial charge >= 0.3 is 17.9 Å². The Labute approximate surface area is 510 Å². The van der Waals surface area contributed by atoms with Crippen LogP contribution in [0, 0.1) is 0 Å². The fourth-order valence-electron chi connectivity index (χ4n) is 8.48. The van der Waals surface area contributed by atoms with Gasteiger partial charge in [0.1, 0.15) is 13.2 Å². The van der Waals surface area contributed by atoms with Gasteiger partial charge in [-0.15, -0.1) is 0 Å². The van der Waals surface area contributed by atoms with Crippen LogP contribution in [-0.2, 0) is 28.6 Å². The monoisotopic (exact) mass is 1140 g/mol. The lowest BCUT2D eigenvalue weighted by Gasteiger charge is -2.18. The lowest BCUT2D eigenvalue weighted by molar-refractivity contribution is -0.166. The summed E-state index contributed by atoms with van der Waals surface area (Å²) in [5, 5.41) is 0. The molecule has 0 aliphatic carbocycles. The molecule has 0 heterocycles. The highest BCUT2D eigenvalue weighted by Crippen LogP contribution is 2.14. The molecule has 0 saturated carbocycles. The molecule has 0 saturated heterocycles. The molecule has 0 aromatic carbocycles. The second-order valence-electron chi connectivity index (χ2n) is 21.3. The Morgan fingerprint density at radius 2 is 0.494 bits per heavy atom. The minimum absolute atomic E-state index is 0.133. The maximum Gasteiger partial charge on any atom is 0.306 e. The van der Waals surface area contributed by atoms with E-state index in [-0.39, 0.29) is 44.0 Å². The van der Waals surface area contributed by atoms with Crippen molar-refractivity contribution in [2.75, 3.05) is 13.2 Å². The number of carbonyl (C=O) groups excluding carboxylic acids is 3. The average Bonchev–Trinajstić information content (AvgIpc) is 3.49. The lowest BCUT2D eigenvalue weighted by Crippen LogP contribution is -2.30. The molecule has 1 atom stereocenters. The number of hydrogen-bond donors (Lipinski definition) is 0. The molecule has 0 fully saturated rings. The molecule has 0 radical (unpaired) electrons. The molecule has 464 valence electrons. The van der Waals surface area contributed by atoms with E-state index in [9.17, 15) is 14.4 Å². The summed E-state index contributed by atoms with van der Waals surface area (Å²) in [6.45, 7) is 6.29. The highest BCUT2D eigenvalue weighted by Gasteiger charge is 2.19. The maximum absolute atomic E-state index is 12.9. The zero-order valence-corrected chi connectivity index (χ0v) is 53.1. The molecule has 0 aromatic rings. The minimum atomic E-state index is -0.839. The maximum atomic E-state index is 12.9. The Hall–Kier alpha value is -5.49. The van der Waals surface area contributed by atoms with E-state index in [0.717, 1.165) is 122 Å². The van der Waals surface area contributed by atoms with Gasteiger partial charge in [-0.25, -0.2) is 0 Å². The topological polar surface area (TPSA) is 78.9 Å². The standard InChI is InChI=1S/C77H120O6/c1-4-7-10-13-16-19-22-25-27-29-31-33-35-37-38-40-41-43-45-47-49-52-55-58-61-64-67-70-76(79)82-73-74(72-81-75(78)69-66-63-60-57-54-51-24-21-18-15-12-9-6-3)83-77(80)71-68-65-62-59-56-53-50-48-46-44-42-39-36-34-32-30-28-26-23-20-17-14-11-8-5-2/h7,9-10,12,16,18-19,21,23,25-27,30-33,36-39,41,43,47,49,51,54-55,58,60,63,74H,4-6,8,11,13-15,17,20,22,24,28-29,34-35,40,42,44-46,48,50,52-53,56-57,59,61-62,64-73H2,1-3H3/b10-7-,12-9-,19-16-,21-18-,26-23-,27-25-,32-30-,33-31-,38-37-,39-36-,43-41-,49-47-,54-51-,58-55-,63-60-. The van der Waals surface area contributed by atoms with Gasteiger partial charge < -0.3 is 14.2 Å². The minimum Gasteiger partial charge on any atom is -0.462 e. The summed E-state index contributed by atoms with van der Waals surface area (Å²) in [4.78, 5) is 38.3. The van der Waals surface area contributed by atoms with Crippen LogP contribution in [0.2, 0.25) is 0 Å². The number of rotatable bonds is 58. The first kappa shape index (κ1) is 77.5. The SMILES string of the molecule is CC/C=C\C/C=C\C/C=C\C/C=C\C/C=C\C/C=C\C/C=C\C/C=C\CCCCC(=O)OCC(COC(=O)CC/C=C\C/C=C\C/C=C\C/C=C\CC)OC(=O)CCCCCCCCCCCC/C=C\C/C=C\C/C=C\CCCCCCC. The number of carbonyl (C=O) groups is 3. The first-order valence-corrected chi connectivity index (χ1v) is 33.3. The summed E-state index contributed by atoms with van der Waals surface area (Å²) in [6, 6.07) is 0. The smallest absolute Gasteiger partial charge is 0.306 e. The second-order valence-corrected chi connectivity index (χ2v) is 21.3. The van der Waals surface area contributed by atoms with Gasteiger partial charge in [-0.3, -0.25) is 14.4 Å². The Balaban J connectivity index is 4.49. The molecule has 6 heteroatoms. The van der Waals surface area contributed by atoms with E-state index in [0.29, 0.717) is 19.3 Å². The average molecular weight is 1140 g/mol. The summed E-state index contributed by atoms with van der Waals surface area (Å²) in [6.07, 6.45) is 103. The van der Waals surface area contributed by atoms with Crippen LogP contribution in [-0.4, -0.2) is 37.2 Å². The van der Waals surface area contributed by atoms with Gasteiger partial charge in [0.05, 0.1) is 0 Å². The second kappa shape index (κ2) is 69.0. The Kier molecular flexibility index (Phi) is 64.4. The molecule has 0 aromatic heterocycles. The molecule has 0 aliphatic heterocycles. The van der Waals surface area contributed by atoms with Crippen molar-refractivity contribution in [1.82, 2.24) is 0 Å². The van der Waals surface area contributed by atoms with Crippen molar-refractivity contribution in [1.29, 1.82) is 0 Å². The predicted octanol–water partition coefficient (Wildman–Crippen LogP) is 23.2. The molecule has 0 spiro atoms. The third-order valence-electron chi connectivity index (χ3n) is 13.4. The molecule has 0 rings (SSSR count). The summed E-state index contributed by atoms with van der Waals surface area (Å²) in [7, 11) is 0. The van der Waals surface area contributed by atoms with E-state index in [4.69, 9.17) is 14.2 Å². The molecule has 0 bridgehead atoms. The van der Waals surface area contributed by atoms with Crippen molar-refractivity contribution in [2.45, 2.75) is 271 Å². The number of ether oxygens (including phenoxy) is 3. The summed E-state index contributed by atoms with van der Waals surface area (Å²) in [5.41, 5.74) is 0. The normalized spacial score (nSPS) is 13.3. The van der Waals surface area contributed by atoms with Gasteiger partial charge in [-0.05, 0) is 148 Å². The fourth-order valence-corrected chi connectivity index (χ4v) is 8.48. The van der Waals surface area contributed by atoms with Crippen LogP contribution in [0.4, 0.5) is 0 Å². The number of allylic oxidation sites excluding steroid dienone is 30. The van der Waals surface area contributed by atoms with Gasteiger partial charge in [0.2, 0.25) is 0 Å². The van der Waals surface area contributed by atoms with E-state index in [1.807, 2.05) is 12.2 Å². The Morgan fingerprint density at radius 3 is 0.831 bits per heavy atom. The van der Waals surface area contributed by atoms with Crippen molar-refractivity contribution >= 4 is 17.9 Å². The van der Waals surface area contributed by atoms with Gasteiger partial charge in [0, 0.05) is 19.3 Å². The largest absolute Gasteiger partial charge is 0.462 e. The Bertz CT molecular complexity index is 1940. The first-order valence-electron chi connectivity index (χ1n) is 33.3. The van der Waals surface area contributed by atoms with Crippen molar-refractivity contribution in [3.63, 3.8) is 0 Å². The fraction of sp³-hybridized carbons (Fsp3) is 0.571. The molecule has 6 nitrogen and oxygen atoms in total. The molecular formula is C77H120O6. The van der Waals surface area contributed by atoms with Crippen molar-refractivity contribution in [2.24, 2.45) is 0 Å². The van der Waals surface area contributed by atoms with Crippen molar-refractivity contribution in [3.05, 3.63) is 182 Å². The first-order chi connectivity index (χ1) is 41.0. The van der Waals surface area contributed by atoms with Crippen LogP contribution < -0.4 is 0 Å². The lowest BCUT2D eigenvalue weighted by atomic mass is 10.0. The molecule has 1 unspecified atom stereocenters. The highest BCUT2D eigenvalue weighted by molar-refractivity contribution is 5.71.